The molecule has 1 heterocycles. The highest BCUT2D eigenvalue weighted by molar-refractivity contribution is 6.07. The Labute approximate surface area is 95.5 Å². The van der Waals surface area contributed by atoms with Crippen LogP contribution in [0, 0.1) is 17.6 Å². The third-order valence-electron chi connectivity index (χ3n) is 2.72. The van der Waals surface area contributed by atoms with Gasteiger partial charge in [-0.1, -0.05) is 0 Å². The lowest BCUT2D eigenvalue weighted by molar-refractivity contribution is -0.144. The molecule has 1 aromatic carbocycles. The summed E-state index contributed by atoms with van der Waals surface area (Å²) in [5.41, 5.74) is 0.178. The van der Waals surface area contributed by atoms with Crippen LogP contribution >= 0.6 is 0 Å². The Morgan fingerprint density at radius 3 is 2.59 bits per heavy atom. The fourth-order valence-electron chi connectivity index (χ4n) is 1.82. The molecule has 0 unspecified atom stereocenters. The minimum absolute atomic E-state index is 0.174. The first-order chi connectivity index (χ1) is 8.00. The lowest BCUT2D eigenvalue weighted by Crippen LogP contribution is -2.30. The molecule has 1 N–H and O–H groups in total. The fourth-order valence-corrected chi connectivity index (χ4v) is 1.82. The maximum Gasteiger partial charge on any atom is 0.316 e. The molecule has 1 aliphatic heterocycles. The van der Waals surface area contributed by atoms with Gasteiger partial charge in [-0.2, -0.15) is 0 Å². The van der Waals surface area contributed by atoms with Crippen LogP contribution < -0.4 is 4.90 Å². The highest BCUT2D eigenvalue weighted by Gasteiger charge is 2.37. The molecule has 1 fully saturated rings. The topological polar surface area (TPSA) is 57.6 Å². The van der Waals surface area contributed by atoms with Gasteiger partial charge in [0, 0.05) is 18.3 Å². The molecule has 0 aliphatic carbocycles. The van der Waals surface area contributed by atoms with E-state index in [2.05, 4.69) is 0 Å². The predicted octanol–water partition coefficient (Wildman–Crippen LogP) is 1.40. The number of benzene rings is 1. The van der Waals surface area contributed by atoms with Crippen LogP contribution in [0.3, 0.4) is 0 Å². The molecule has 1 aromatic rings. The van der Waals surface area contributed by atoms with Crippen LogP contribution in [-0.2, 0) is 9.59 Å². The Morgan fingerprint density at radius 2 is 2.06 bits per heavy atom. The Kier molecular flexibility index (Phi) is 2.79. The number of carboxylic acid groups (broad SMARTS) is 1. The van der Waals surface area contributed by atoms with E-state index in [1.54, 1.807) is 0 Å². The number of halogens is 2. The van der Waals surface area contributed by atoms with Crippen LogP contribution in [0.4, 0.5) is 14.5 Å². The number of carboxylic acids is 1. The molecule has 0 saturated carbocycles. The van der Waals surface area contributed by atoms with Crippen LogP contribution in [0.25, 0.3) is 0 Å². The van der Waals surface area contributed by atoms with Crippen molar-refractivity contribution in [2.75, 3.05) is 11.4 Å². The molecule has 1 atom stereocenters. The minimum Gasteiger partial charge on any atom is -0.481 e. The number of hydrogen-bond acceptors (Lipinski definition) is 2. The first kappa shape index (κ1) is 11.5. The van der Waals surface area contributed by atoms with E-state index in [4.69, 9.17) is 5.11 Å². The lowest BCUT2D eigenvalue weighted by Gasteiger charge is -2.16. The van der Waals surface area contributed by atoms with Crippen LogP contribution in [0.1, 0.15) is 6.42 Å². The molecular formula is C11H9F2NO3. The van der Waals surface area contributed by atoms with Crippen LogP contribution in [-0.4, -0.2) is 23.5 Å². The van der Waals surface area contributed by atoms with Gasteiger partial charge in [-0.3, -0.25) is 9.59 Å². The second-order valence-corrected chi connectivity index (χ2v) is 3.77. The predicted molar refractivity (Wildman–Crippen MR) is 54.5 cm³/mol. The van der Waals surface area contributed by atoms with Crippen molar-refractivity contribution < 1.29 is 23.5 Å². The maximum absolute atomic E-state index is 13.0. The van der Waals surface area contributed by atoms with Gasteiger partial charge in [0.1, 0.15) is 5.92 Å². The second-order valence-electron chi connectivity index (χ2n) is 3.77. The zero-order valence-electron chi connectivity index (χ0n) is 8.69. The standard InChI is InChI=1S/C11H9F2NO3/c12-8-2-1-6(5-9(8)13)14-4-3-7(10(14)15)11(16)17/h1-2,5,7H,3-4H2,(H,16,17)/t7-/m1/s1. The maximum atomic E-state index is 13.0. The van der Waals surface area contributed by atoms with Crippen molar-refractivity contribution in [2.24, 2.45) is 5.92 Å². The molecular weight excluding hydrogens is 232 g/mol. The quantitative estimate of drug-likeness (QED) is 0.796. The number of anilines is 1. The van der Waals surface area contributed by atoms with Crippen molar-refractivity contribution in [2.45, 2.75) is 6.42 Å². The van der Waals surface area contributed by atoms with E-state index in [9.17, 15) is 18.4 Å². The highest BCUT2D eigenvalue weighted by Crippen LogP contribution is 2.26. The summed E-state index contributed by atoms with van der Waals surface area (Å²) >= 11 is 0. The Balaban J connectivity index is 2.27. The molecule has 0 radical (unpaired) electrons. The van der Waals surface area contributed by atoms with Gasteiger partial charge in [0.15, 0.2) is 11.6 Å². The summed E-state index contributed by atoms with van der Waals surface area (Å²) in [6.45, 7) is 0.195. The molecule has 1 saturated heterocycles. The van der Waals surface area contributed by atoms with Gasteiger partial charge in [-0.15, -0.1) is 0 Å². The van der Waals surface area contributed by atoms with E-state index in [1.165, 1.54) is 6.07 Å². The molecule has 0 aromatic heterocycles. The molecule has 0 spiro atoms. The van der Waals surface area contributed by atoms with E-state index in [1.807, 2.05) is 0 Å². The average Bonchev–Trinajstić information content (AvgIpc) is 2.64. The van der Waals surface area contributed by atoms with Gasteiger partial charge in [-0.05, 0) is 18.6 Å². The first-order valence-electron chi connectivity index (χ1n) is 5.00. The number of aliphatic carboxylic acids is 1. The van der Waals surface area contributed by atoms with Gasteiger partial charge in [0.05, 0.1) is 0 Å². The Bertz CT molecular complexity index is 490. The van der Waals surface area contributed by atoms with E-state index in [-0.39, 0.29) is 18.7 Å². The van der Waals surface area contributed by atoms with Gasteiger partial charge >= 0.3 is 5.97 Å². The molecule has 4 nitrogen and oxygen atoms in total. The van der Waals surface area contributed by atoms with E-state index < -0.39 is 29.4 Å². The van der Waals surface area contributed by atoms with Crippen LogP contribution in [0.5, 0.6) is 0 Å². The number of amides is 1. The monoisotopic (exact) mass is 241 g/mol. The van der Waals surface area contributed by atoms with Crippen LogP contribution in [0.2, 0.25) is 0 Å². The van der Waals surface area contributed by atoms with Crippen molar-refractivity contribution in [1.29, 1.82) is 0 Å². The molecule has 1 amide bonds. The molecule has 2 rings (SSSR count). The number of carbonyl (C=O) groups is 2. The molecule has 0 bridgehead atoms. The number of nitrogens with zero attached hydrogens (tertiary/aromatic N) is 1. The summed E-state index contributed by atoms with van der Waals surface area (Å²) in [4.78, 5) is 23.6. The highest BCUT2D eigenvalue weighted by atomic mass is 19.2. The molecule has 90 valence electrons. The van der Waals surface area contributed by atoms with Gasteiger partial charge in [-0.25, -0.2) is 8.78 Å². The number of carbonyl (C=O) groups excluding carboxylic acids is 1. The normalized spacial score (nSPS) is 19.8. The minimum atomic E-state index is -1.19. The van der Waals surface area contributed by atoms with Gasteiger partial charge < -0.3 is 10.0 Å². The first-order valence-corrected chi connectivity index (χ1v) is 5.00. The summed E-state index contributed by atoms with van der Waals surface area (Å²) in [7, 11) is 0. The van der Waals surface area contributed by atoms with Gasteiger partial charge in [0.2, 0.25) is 5.91 Å². The smallest absolute Gasteiger partial charge is 0.316 e. The zero-order valence-corrected chi connectivity index (χ0v) is 8.69. The fraction of sp³-hybridized carbons (Fsp3) is 0.273. The summed E-state index contributed by atoms with van der Waals surface area (Å²) < 4.78 is 25.7. The summed E-state index contributed by atoms with van der Waals surface area (Å²) in [5, 5.41) is 8.77. The summed E-state index contributed by atoms with van der Waals surface area (Å²) in [6, 6.07) is 3.05. The zero-order chi connectivity index (χ0) is 12.6. The van der Waals surface area contributed by atoms with E-state index in [0.29, 0.717) is 0 Å². The lowest BCUT2D eigenvalue weighted by atomic mass is 10.1. The summed E-state index contributed by atoms with van der Waals surface area (Å²) in [5.74, 6) is -4.95. The third kappa shape index (κ3) is 1.98. The van der Waals surface area contributed by atoms with E-state index >= 15 is 0 Å². The number of hydrogen-bond donors (Lipinski definition) is 1. The Hall–Kier alpha value is -1.98. The molecule has 6 heteroatoms. The van der Waals surface area contributed by atoms with E-state index in [0.717, 1.165) is 17.0 Å². The Morgan fingerprint density at radius 1 is 1.35 bits per heavy atom. The largest absolute Gasteiger partial charge is 0.481 e. The van der Waals surface area contributed by atoms with Crippen molar-refractivity contribution in [3.8, 4) is 0 Å². The van der Waals surface area contributed by atoms with Crippen molar-refractivity contribution in [1.82, 2.24) is 0 Å². The third-order valence-corrected chi connectivity index (χ3v) is 2.72. The average molecular weight is 241 g/mol. The van der Waals surface area contributed by atoms with Crippen molar-refractivity contribution in [3.63, 3.8) is 0 Å². The van der Waals surface area contributed by atoms with Gasteiger partial charge in [0.25, 0.3) is 0 Å². The summed E-state index contributed by atoms with van der Waals surface area (Å²) in [6.07, 6.45) is 0.174. The molecule has 17 heavy (non-hydrogen) atoms. The van der Waals surface area contributed by atoms with Crippen molar-refractivity contribution in [3.05, 3.63) is 29.8 Å². The number of rotatable bonds is 2. The van der Waals surface area contributed by atoms with Crippen LogP contribution in [0.15, 0.2) is 18.2 Å². The second kappa shape index (κ2) is 4.12. The molecule has 1 aliphatic rings. The SMILES string of the molecule is O=C(O)[C@@H]1CCN(c2ccc(F)c(F)c2)C1=O. The van der Waals surface area contributed by atoms with Crippen molar-refractivity contribution >= 4 is 17.6 Å².